The van der Waals surface area contributed by atoms with E-state index in [4.69, 9.17) is 0 Å². The molecule has 0 spiro atoms. The van der Waals surface area contributed by atoms with Gasteiger partial charge in [-0.15, -0.1) is 11.3 Å². The Morgan fingerprint density at radius 1 is 1.10 bits per heavy atom. The number of anilines is 1. The summed E-state index contributed by atoms with van der Waals surface area (Å²) >= 11 is 1.65. The first-order chi connectivity index (χ1) is 15.3. The second-order valence-corrected chi connectivity index (χ2v) is 8.87. The molecule has 5 aromatic rings. The summed E-state index contributed by atoms with van der Waals surface area (Å²) < 4.78 is 1.17. The average Bonchev–Trinajstić information content (AvgIpc) is 3.45. The molecule has 2 heterocycles. The maximum absolute atomic E-state index is 9.21. The Balaban J connectivity index is 1.36. The van der Waals surface area contributed by atoms with Gasteiger partial charge < -0.3 is 5.32 Å². The third-order valence-electron chi connectivity index (χ3n) is 6.09. The minimum absolute atomic E-state index is 0.248. The summed E-state index contributed by atoms with van der Waals surface area (Å²) in [7, 11) is 0. The first-order valence-electron chi connectivity index (χ1n) is 10.4. The molecule has 0 aliphatic heterocycles. The molecule has 2 aromatic heterocycles. The molecule has 1 aliphatic rings. The van der Waals surface area contributed by atoms with Gasteiger partial charge >= 0.3 is 0 Å². The highest BCUT2D eigenvalue weighted by atomic mass is 32.1. The zero-order chi connectivity index (χ0) is 20.8. The van der Waals surface area contributed by atoms with Crippen molar-refractivity contribution in [3.05, 3.63) is 76.8 Å². The number of nitriles is 1. The van der Waals surface area contributed by atoms with E-state index in [1.807, 2.05) is 17.6 Å². The highest BCUT2D eigenvalue weighted by Crippen LogP contribution is 2.35. The first-order valence-corrected chi connectivity index (χ1v) is 11.3. The molecule has 0 amide bonds. The third-order valence-corrected chi connectivity index (χ3v) is 6.89. The molecule has 31 heavy (non-hydrogen) atoms. The molecule has 0 radical (unpaired) electrons. The number of H-pyrrole nitrogens is 1. The summed E-state index contributed by atoms with van der Waals surface area (Å²) in [6.07, 6.45) is 3.23. The number of aromatic amines is 1. The fraction of sp³-hybridized carbons (Fsp3) is 0.160. The van der Waals surface area contributed by atoms with Crippen molar-refractivity contribution in [3.8, 4) is 17.3 Å². The first kappa shape index (κ1) is 18.1. The summed E-state index contributed by atoms with van der Waals surface area (Å²) in [5, 5.41) is 21.8. The fourth-order valence-electron chi connectivity index (χ4n) is 4.56. The lowest BCUT2D eigenvalue weighted by Crippen LogP contribution is -2.17. The van der Waals surface area contributed by atoms with Crippen LogP contribution < -0.4 is 5.32 Å². The Hall–Kier alpha value is -3.69. The van der Waals surface area contributed by atoms with Crippen molar-refractivity contribution in [3.63, 3.8) is 0 Å². The van der Waals surface area contributed by atoms with Crippen LogP contribution in [0.25, 0.3) is 32.4 Å². The number of aromatic nitrogens is 3. The van der Waals surface area contributed by atoms with Crippen LogP contribution in [0.3, 0.4) is 0 Å². The lowest BCUT2D eigenvalue weighted by Gasteiger charge is -2.27. The van der Waals surface area contributed by atoms with Crippen LogP contribution in [-0.2, 0) is 6.42 Å². The molecule has 1 unspecified atom stereocenters. The summed E-state index contributed by atoms with van der Waals surface area (Å²) in [4.78, 5) is 4.37. The van der Waals surface area contributed by atoms with Crippen molar-refractivity contribution in [1.82, 2.24) is 15.2 Å². The van der Waals surface area contributed by atoms with E-state index in [1.54, 1.807) is 11.3 Å². The van der Waals surface area contributed by atoms with E-state index >= 15 is 0 Å². The van der Waals surface area contributed by atoms with Crippen LogP contribution in [0.15, 0.2) is 60.1 Å². The van der Waals surface area contributed by atoms with Crippen LogP contribution in [0.1, 0.15) is 35.6 Å². The normalized spacial score (nSPS) is 15.6. The van der Waals surface area contributed by atoms with Crippen LogP contribution in [0.5, 0.6) is 0 Å². The van der Waals surface area contributed by atoms with Gasteiger partial charge in [0.25, 0.3) is 0 Å². The Kier molecular flexibility index (Phi) is 4.22. The monoisotopic (exact) mass is 421 g/mol. The highest BCUT2D eigenvalue weighted by molar-refractivity contribution is 7.16. The molecule has 1 aliphatic carbocycles. The Bertz CT molecular complexity index is 1470. The van der Waals surface area contributed by atoms with E-state index in [0.29, 0.717) is 0 Å². The van der Waals surface area contributed by atoms with Gasteiger partial charge in [0.05, 0.1) is 38.9 Å². The second kappa shape index (κ2) is 7.22. The van der Waals surface area contributed by atoms with E-state index in [9.17, 15) is 5.26 Å². The largest absolute Gasteiger partial charge is 0.378 e. The molecular weight excluding hydrogens is 402 g/mol. The van der Waals surface area contributed by atoms with Gasteiger partial charge in [-0.05, 0) is 72.9 Å². The molecule has 0 bridgehead atoms. The number of fused-ring (bicyclic) bond motifs is 3. The molecule has 0 fully saturated rings. The van der Waals surface area contributed by atoms with Crippen molar-refractivity contribution in [1.29, 1.82) is 5.26 Å². The van der Waals surface area contributed by atoms with Crippen molar-refractivity contribution in [2.75, 3.05) is 5.32 Å². The Labute approximate surface area is 183 Å². The molecule has 3 aromatic carbocycles. The van der Waals surface area contributed by atoms with Gasteiger partial charge in [-0.25, -0.2) is 4.98 Å². The van der Waals surface area contributed by atoms with Gasteiger partial charge in [0.15, 0.2) is 0 Å². The van der Waals surface area contributed by atoms with Gasteiger partial charge in [-0.2, -0.15) is 10.4 Å². The SMILES string of the molecule is N#Cc1ccc2c(c1)CCCC2Nc1ccc2[nH]nc(-c3ccc4ncsc4c3)c2c1. The van der Waals surface area contributed by atoms with Gasteiger partial charge in [0.1, 0.15) is 5.69 Å². The number of benzene rings is 3. The molecule has 0 saturated heterocycles. The van der Waals surface area contributed by atoms with Gasteiger partial charge in [0, 0.05) is 16.6 Å². The number of nitrogens with one attached hydrogen (secondary N) is 2. The van der Waals surface area contributed by atoms with Crippen LogP contribution in [-0.4, -0.2) is 15.2 Å². The van der Waals surface area contributed by atoms with Gasteiger partial charge in [-0.1, -0.05) is 12.1 Å². The summed E-state index contributed by atoms with van der Waals surface area (Å²) in [6.45, 7) is 0. The molecule has 6 heteroatoms. The molecule has 2 N–H and O–H groups in total. The number of hydrogen-bond acceptors (Lipinski definition) is 5. The van der Waals surface area contributed by atoms with E-state index in [-0.39, 0.29) is 6.04 Å². The number of thiazole rings is 1. The topological polar surface area (TPSA) is 77.4 Å². The standard InChI is InChI=1S/C25H19N5S/c26-13-15-4-7-19-16(10-15)2-1-3-21(19)28-18-6-9-22-20(12-18)25(30-29-22)17-5-8-23-24(11-17)31-14-27-23/h4-12,14,21,28H,1-3H2,(H,29,30). The van der Waals surface area contributed by atoms with Crippen molar-refractivity contribution < 1.29 is 0 Å². The Morgan fingerprint density at radius 3 is 3.00 bits per heavy atom. The lowest BCUT2D eigenvalue weighted by molar-refractivity contribution is 0.600. The summed E-state index contributed by atoms with van der Waals surface area (Å²) in [6, 6.07) is 21.2. The lowest BCUT2D eigenvalue weighted by atomic mass is 9.86. The number of nitrogens with zero attached hydrogens (tertiary/aromatic N) is 3. The zero-order valence-electron chi connectivity index (χ0n) is 16.7. The van der Waals surface area contributed by atoms with Crippen LogP contribution in [0.4, 0.5) is 5.69 Å². The fourth-order valence-corrected chi connectivity index (χ4v) is 5.28. The molecule has 150 valence electrons. The zero-order valence-corrected chi connectivity index (χ0v) is 17.5. The molecule has 1 atom stereocenters. The minimum atomic E-state index is 0.248. The predicted molar refractivity (Wildman–Crippen MR) is 125 cm³/mol. The quantitative estimate of drug-likeness (QED) is 0.363. The molecule has 0 saturated carbocycles. The highest BCUT2D eigenvalue weighted by Gasteiger charge is 2.21. The van der Waals surface area contributed by atoms with Crippen molar-refractivity contribution in [2.45, 2.75) is 25.3 Å². The minimum Gasteiger partial charge on any atom is -0.378 e. The van der Waals surface area contributed by atoms with E-state index in [0.717, 1.165) is 58.2 Å². The summed E-state index contributed by atoms with van der Waals surface area (Å²) in [5.41, 5.74) is 10.4. The molecular formula is C25H19N5S. The number of hydrogen-bond donors (Lipinski definition) is 2. The molecule has 5 nitrogen and oxygen atoms in total. The maximum Gasteiger partial charge on any atom is 0.100 e. The second-order valence-electron chi connectivity index (χ2n) is 7.98. The predicted octanol–water partition coefficient (Wildman–Crippen LogP) is 6.20. The third kappa shape index (κ3) is 3.15. The van der Waals surface area contributed by atoms with E-state index in [2.05, 4.69) is 69.0 Å². The molecule has 6 rings (SSSR count). The summed E-state index contributed by atoms with van der Waals surface area (Å²) in [5.74, 6) is 0. The van der Waals surface area contributed by atoms with Crippen LogP contribution in [0, 0.1) is 11.3 Å². The van der Waals surface area contributed by atoms with Crippen LogP contribution >= 0.6 is 11.3 Å². The van der Waals surface area contributed by atoms with Crippen molar-refractivity contribution in [2.24, 2.45) is 0 Å². The maximum atomic E-state index is 9.21. The number of aryl methyl sites for hydroxylation is 1. The smallest absolute Gasteiger partial charge is 0.100 e. The van der Waals surface area contributed by atoms with Gasteiger partial charge in [-0.3, -0.25) is 5.10 Å². The number of rotatable bonds is 3. The van der Waals surface area contributed by atoms with E-state index < -0.39 is 0 Å². The Morgan fingerprint density at radius 2 is 2.06 bits per heavy atom. The van der Waals surface area contributed by atoms with Crippen LogP contribution in [0.2, 0.25) is 0 Å². The average molecular weight is 422 g/mol. The van der Waals surface area contributed by atoms with E-state index in [1.165, 1.54) is 15.8 Å². The van der Waals surface area contributed by atoms with Crippen molar-refractivity contribution >= 4 is 38.1 Å². The van der Waals surface area contributed by atoms with Gasteiger partial charge in [0.2, 0.25) is 0 Å².